The number of hydrogen-bond donors (Lipinski definition) is 1. The highest BCUT2D eigenvalue weighted by Crippen LogP contribution is 2.31. The van der Waals surface area contributed by atoms with Crippen molar-refractivity contribution in [2.24, 2.45) is 5.92 Å². The molecule has 2 fully saturated rings. The van der Waals surface area contributed by atoms with Gasteiger partial charge in [0, 0.05) is 12.1 Å². The van der Waals surface area contributed by atoms with Gasteiger partial charge in [0.05, 0.1) is 6.61 Å². The maximum Gasteiger partial charge on any atom is 0.0586 e. The van der Waals surface area contributed by atoms with Crippen molar-refractivity contribution in [3.63, 3.8) is 0 Å². The molecule has 1 heterocycles. The van der Waals surface area contributed by atoms with Gasteiger partial charge in [0.2, 0.25) is 0 Å². The van der Waals surface area contributed by atoms with Gasteiger partial charge in [0.1, 0.15) is 0 Å². The largest absolute Gasteiger partial charge is 0.395 e. The number of hydrogen-bond acceptors (Lipinski definition) is 2. The van der Waals surface area contributed by atoms with E-state index >= 15 is 0 Å². The van der Waals surface area contributed by atoms with Gasteiger partial charge in [-0.2, -0.15) is 0 Å². The van der Waals surface area contributed by atoms with E-state index < -0.39 is 0 Å². The van der Waals surface area contributed by atoms with E-state index in [9.17, 15) is 5.11 Å². The molecule has 1 aliphatic carbocycles. The molecule has 2 aliphatic rings. The Morgan fingerprint density at radius 2 is 1.86 bits per heavy atom. The summed E-state index contributed by atoms with van der Waals surface area (Å²) < 4.78 is 0. The van der Waals surface area contributed by atoms with Crippen LogP contribution in [0, 0.1) is 5.92 Å². The number of aliphatic hydroxyl groups excluding tert-OH is 1. The number of nitrogens with zero attached hydrogens (tertiary/aromatic N) is 1. The number of rotatable bonds is 2. The van der Waals surface area contributed by atoms with Crippen molar-refractivity contribution >= 4 is 0 Å². The Kier molecular flexibility index (Phi) is 3.45. The van der Waals surface area contributed by atoms with E-state index in [2.05, 4.69) is 11.8 Å². The molecule has 82 valence electrons. The van der Waals surface area contributed by atoms with Crippen molar-refractivity contribution in [2.45, 2.75) is 57.5 Å². The highest BCUT2D eigenvalue weighted by Gasteiger charge is 2.31. The molecule has 1 saturated carbocycles. The Hall–Kier alpha value is -0.0800. The van der Waals surface area contributed by atoms with Crippen LogP contribution in [-0.4, -0.2) is 35.2 Å². The van der Waals surface area contributed by atoms with Crippen LogP contribution in [0.2, 0.25) is 0 Å². The third kappa shape index (κ3) is 2.12. The molecule has 1 N–H and O–H groups in total. The minimum Gasteiger partial charge on any atom is -0.395 e. The van der Waals surface area contributed by atoms with Crippen LogP contribution < -0.4 is 0 Å². The van der Waals surface area contributed by atoms with Crippen LogP contribution >= 0.6 is 0 Å². The van der Waals surface area contributed by atoms with Crippen LogP contribution in [-0.2, 0) is 0 Å². The van der Waals surface area contributed by atoms with Crippen molar-refractivity contribution in [2.75, 3.05) is 13.2 Å². The summed E-state index contributed by atoms with van der Waals surface area (Å²) in [5.41, 5.74) is 0. The Morgan fingerprint density at radius 3 is 2.50 bits per heavy atom. The molecule has 0 radical (unpaired) electrons. The van der Waals surface area contributed by atoms with Crippen LogP contribution in [0.15, 0.2) is 0 Å². The zero-order valence-electron chi connectivity index (χ0n) is 9.28. The first-order chi connectivity index (χ1) is 6.81. The van der Waals surface area contributed by atoms with Crippen molar-refractivity contribution in [3.8, 4) is 0 Å². The highest BCUT2D eigenvalue weighted by atomic mass is 16.3. The molecule has 0 unspecified atom stereocenters. The summed E-state index contributed by atoms with van der Waals surface area (Å²) in [6.45, 7) is 3.96. The fraction of sp³-hybridized carbons (Fsp3) is 1.00. The molecule has 0 aromatic rings. The van der Waals surface area contributed by atoms with Gasteiger partial charge in [-0.05, 0) is 51.0 Å². The summed E-state index contributed by atoms with van der Waals surface area (Å²) in [6, 6.07) is 1.26. The summed E-state index contributed by atoms with van der Waals surface area (Å²) >= 11 is 0. The van der Waals surface area contributed by atoms with Crippen LogP contribution in [0.1, 0.15) is 45.4 Å². The third-order valence-corrected chi connectivity index (χ3v) is 4.09. The second kappa shape index (κ2) is 4.63. The molecule has 0 spiro atoms. The second-order valence-electron chi connectivity index (χ2n) is 5.13. The number of aliphatic hydroxyl groups is 1. The predicted molar refractivity (Wildman–Crippen MR) is 58.2 cm³/mol. The topological polar surface area (TPSA) is 23.5 Å². The van der Waals surface area contributed by atoms with Crippen molar-refractivity contribution in [1.82, 2.24) is 4.90 Å². The molecular weight excluding hydrogens is 174 g/mol. The Bertz CT molecular complexity index is 175. The average Bonchev–Trinajstić information content (AvgIpc) is 2.67. The molecule has 2 rings (SSSR count). The first-order valence-corrected chi connectivity index (χ1v) is 6.18. The lowest BCUT2D eigenvalue weighted by Gasteiger charge is -2.36. The van der Waals surface area contributed by atoms with Crippen LogP contribution in [0.25, 0.3) is 0 Å². The molecule has 1 saturated heterocycles. The summed E-state index contributed by atoms with van der Waals surface area (Å²) in [7, 11) is 0. The minimum atomic E-state index is 0.367. The predicted octanol–water partition coefficient (Wildman–Crippen LogP) is 2.02. The maximum absolute atomic E-state index is 9.28. The molecule has 0 bridgehead atoms. The maximum atomic E-state index is 9.28. The molecule has 0 aromatic carbocycles. The quantitative estimate of drug-likeness (QED) is 0.732. The van der Waals surface area contributed by atoms with E-state index in [0.29, 0.717) is 12.6 Å². The van der Waals surface area contributed by atoms with E-state index in [-0.39, 0.29) is 0 Å². The van der Waals surface area contributed by atoms with Gasteiger partial charge in [0.15, 0.2) is 0 Å². The highest BCUT2D eigenvalue weighted by molar-refractivity contribution is 4.86. The van der Waals surface area contributed by atoms with Crippen LogP contribution in [0.4, 0.5) is 0 Å². The van der Waals surface area contributed by atoms with Crippen molar-refractivity contribution in [1.29, 1.82) is 0 Å². The fourth-order valence-corrected chi connectivity index (χ4v) is 3.11. The molecule has 14 heavy (non-hydrogen) atoms. The molecule has 0 amide bonds. The smallest absolute Gasteiger partial charge is 0.0586 e. The Balaban J connectivity index is 1.88. The zero-order chi connectivity index (χ0) is 9.97. The molecule has 2 nitrogen and oxygen atoms in total. The van der Waals surface area contributed by atoms with Gasteiger partial charge in [0.25, 0.3) is 0 Å². The zero-order valence-corrected chi connectivity index (χ0v) is 9.28. The van der Waals surface area contributed by atoms with E-state index in [1.165, 1.54) is 45.1 Å². The van der Waals surface area contributed by atoms with E-state index in [4.69, 9.17) is 0 Å². The Labute approximate surface area is 87.3 Å². The average molecular weight is 197 g/mol. The molecule has 2 heteroatoms. The first-order valence-electron chi connectivity index (χ1n) is 6.18. The van der Waals surface area contributed by atoms with E-state index in [0.717, 1.165) is 12.0 Å². The van der Waals surface area contributed by atoms with Gasteiger partial charge >= 0.3 is 0 Å². The summed E-state index contributed by atoms with van der Waals surface area (Å²) in [5, 5.41) is 9.28. The molecule has 1 aliphatic heterocycles. The second-order valence-corrected chi connectivity index (χ2v) is 5.13. The van der Waals surface area contributed by atoms with Gasteiger partial charge < -0.3 is 5.11 Å². The standard InChI is InChI=1S/C12H23NO/c1-10-4-6-11(7-5-10)13-8-2-3-12(13)9-14/h10-12,14H,2-9H2,1H3/t10?,11?,12-/m1/s1. The van der Waals surface area contributed by atoms with Gasteiger partial charge in [-0.3, -0.25) is 4.90 Å². The van der Waals surface area contributed by atoms with Crippen molar-refractivity contribution < 1.29 is 5.11 Å². The van der Waals surface area contributed by atoms with E-state index in [1.54, 1.807) is 0 Å². The normalized spacial score (nSPS) is 40.3. The van der Waals surface area contributed by atoms with Crippen LogP contribution in [0.3, 0.4) is 0 Å². The summed E-state index contributed by atoms with van der Waals surface area (Å²) in [4.78, 5) is 2.58. The molecular formula is C12H23NO. The van der Waals surface area contributed by atoms with Gasteiger partial charge in [-0.15, -0.1) is 0 Å². The Morgan fingerprint density at radius 1 is 1.14 bits per heavy atom. The van der Waals surface area contributed by atoms with Crippen molar-refractivity contribution in [3.05, 3.63) is 0 Å². The third-order valence-electron chi connectivity index (χ3n) is 4.09. The van der Waals surface area contributed by atoms with Gasteiger partial charge in [-0.25, -0.2) is 0 Å². The lowest BCUT2D eigenvalue weighted by molar-refractivity contribution is 0.0895. The lowest BCUT2D eigenvalue weighted by atomic mass is 9.86. The van der Waals surface area contributed by atoms with Crippen LogP contribution in [0.5, 0.6) is 0 Å². The first kappa shape index (κ1) is 10.4. The molecule has 1 atom stereocenters. The monoisotopic (exact) mass is 197 g/mol. The number of likely N-dealkylation sites (tertiary alicyclic amines) is 1. The summed E-state index contributed by atoms with van der Waals surface area (Å²) in [6.07, 6.45) is 7.99. The van der Waals surface area contributed by atoms with E-state index in [1.807, 2.05) is 0 Å². The molecule has 0 aromatic heterocycles. The lowest BCUT2D eigenvalue weighted by Crippen LogP contribution is -2.42. The fourth-order valence-electron chi connectivity index (χ4n) is 3.11. The SMILES string of the molecule is CC1CCC(N2CCC[C@@H]2CO)CC1. The minimum absolute atomic E-state index is 0.367. The summed E-state index contributed by atoms with van der Waals surface area (Å²) in [5.74, 6) is 0.932. The van der Waals surface area contributed by atoms with Gasteiger partial charge in [-0.1, -0.05) is 6.92 Å².